The second-order valence-electron chi connectivity index (χ2n) is 7.32. The molecule has 0 radical (unpaired) electrons. The number of nitro benzene ring substituents is 1. The van der Waals surface area contributed by atoms with Crippen molar-refractivity contribution in [2.24, 2.45) is 11.8 Å². The zero-order valence-electron chi connectivity index (χ0n) is 17.0. The lowest BCUT2D eigenvalue weighted by atomic mass is 9.85. The molecule has 0 saturated carbocycles. The molecule has 0 unspecified atom stereocenters. The Bertz CT molecular complexity index is 1070. The first-order valence-electron chi connectivity index (χ1n) is 9.75. The molecular formula is C22H21N3O6. The van der Waals surface area contributed by atoms with Crippen LogP contribution in [0.2, 0.25) is 0 Å². The van der Waals surface area contributed by atoms with Crippen LogP contribution < -0.4 is 19.7 Å². The van der Waals surface area contributed by atoms with Gasteiger partial charge in [-0.05, 0) is 37.1 Å². The summed E-state index contributed by atoms with van der Waals surface area (Å²) in [7, 11) is 3.01. The normalized spacial score (nSPS) is 19.9. The molecule has 9 heteroatoms. The van der Waals surface area contributed by atoms with E-state index in [1.807, 2.05) is 12.2 Å². The van der Waals surface area contributed by atoms with E-state index in [4.69, 9.17) is 9.47 Å². The summed E-state index contributed by atoms with van der Waals surface area (Å²) in [6.45, 7) is 0. The number of hydrogen-bond donors (Lipinski definition) is 1. The number of ether oxygens (including phenoxy) is 2. The third-order valence-electron chi connectivity index (χ3n) is 5.61. The number of nitrogens with zero attached hydrogens (tertiary/aromatic N) is 2. The molecule has 4 rings (SSSR count). The van der Waals surface area contributed by atoms with Crippen LogP contribution in [0.5, 0.6) is 11.5 Å². The van der Waals surface area contributed by atoms with Crippen LogP contribution in [-0.4, -0.2) is 31.0 Å². The number of amides is 2. The summed E-state index contributed by atoms with van der Waals surface area (Å²) in [5, 5.41) is 14.7. The topological polar surface area (TPSA) is 111 Å². The van der Waals surface area contributed by atoms with E-state index in [0.717, 1.165) is 4.90 Å². The minimum Gasteiger partial charge on any atom is -0.493 e. The van der Waals surface area contributed by atoms with E-state index >= 15 is 0 Å². The molecule has 2 aliphatic rings. The van der Waals surface area contributed by atoms with Gasteiger partial charge in [-0.15, -0.1) is 0 Å². The number of anilines is 3. The van der Waals surface area contributed by atoms with Gasteiger partial charge in [-0.25, -0.2) is 4.90 Å². The highest BCUT2D eigenvalue weighted by Gasteiger charge is 2.48. The molecule has 2 aromatic rings. The standard InChI is InChI=1S/C22H21N3O6/c1-30-19-10-7-13(11-20(19)31-2)23-17-9-8-14(12-18(17)25(28)29)24-21(26)15-5-3-4-6-16(15)22(24)27/h3-4,7-12,15-16,23H,5-6H2,1-2H3/t15-,16+. The minimum absolute atomic E-state index is 0.203. The first kappa shape index (κ1) is 20.4. The molecule has 1 heterocycles. The van der Waals surface area contributed by atoms with E-state index < -0.39 is 16.8 Å². The number of allylic oxidation sites excluding steroid dienone is 2. The van der Waals surface area contributed by atoms with Gasteiger partial charge in [-0.3, -0.25) is 19.7 Å². The van der Waals surface area contributed by atoms with Crippen LogP contribution in [0, 0.1) is 22.0 Å². The highest BCUT2D eigenvalue weighted by molar-refractivity contribution is 6.22. The number of carbonyl (C=O) groups excluding carboxylic acids is 2. The highest BCUT2D eigenvalue weighted by Crippen LogP contribution is 2.40. The first-order chi connectivity index (χ1) is 14.9. The molecule has 1 saturated heterocycles. The van der Waals surface area contributed by atoms with Crippen molar-refractivity contribution in [3.8, 4) is 11.5 Å². The molecule has 0 aromatic heterocycles. The molecular weight excluding hydrogens is 402 g/mol. The summed E-state index contributed by atoms with van der Waals surface area (Å²) < 4.78 is 10.5. The van der Waals surface area contributed by atoms with Crippen molar-refractivity contribution in [2.75, 3.05) is 24.4 Å². The lowest BCUT2D eigenvalue weighted by Crippen LogP contribution is -2.30. The van der Waals surface area contributed by atoms with Gasteiger partial charge in [0.1, 0.15) is 5.69 Å². The summed E-state index contributed by atoms with van der Waals surface area (Å²) in [6.07, 6.45) is 4.81. The van der Waals surface area contributed by atoms with Gasteiger partial charge in [0.25, 0.3) is 5.69 Å². The SMILES string of the molecule is COc1ccc(Nc2ccc(N3C(=O)[C@H]4CC=CC[C@H]4C3=O)cc2[N+](=O)[O-])cc1OC. The average molecular weight is 423 g/mol. The Morgan fingerprint density at radius 2 is 1.61 bits per heavy atom. The van der Waals surface area contributed by atoms with E-state index in [0.29, 0.717) is 30.0 Å². The Labute approximate surface area is 178 Å². The Kier molecular flexibility index (Phi) is 5.33. The molecule has 9 nitrogen and oxygen atoms in total. The van der Waals surface area contributed by atoms with Gasteiger partial charge in [0.2, 0.25) is 11.8 Å². The maximum atomic E-state index is 12.8. The summed E-state index contributed by atoms with van der Waals surface area (Å²) in [5.41, 5.74) is 0.730. The number of nitrogens with one attached hydrogen (secondary N) is 1. The fraction of sp³-hybridized carbons (Fsp3) is 0.273. The van der Waals surface area contributed by atoms with Crippen LogP contribution >= 0.6 is 0 Å². The fourth-order valence-electron chi connectivity index (χ4n) is 4.04. The predicted molar refractivity (Wildman–Crippen MR) is 114 cm³/mol. The van der Waals surface area contributed by atoms with Crippen LogP contribution in [0.15, 0.2) is 48.6 Å². The zero-order valence-corrected chi connectivity index (χ0v) is 17.0. The molecule has 0 bridgehead atoms. The minimum atomic E-state index is -0.549. The lowest BCUT2D eigenvalue weighted by Gasteiger charge is -2.16. The van der Waals surface area contributed by atoms with Crippen molar-refractivity contribution in [1.29, 1.82) is 0 Å². The largest absolute Gasteiger partial charge is 0.493 e. The van der Waals surface area contributed by atoms with Crippen LogP contribution in [0.1, 0.15) is 12.8 Å². The molecule has 1 aliphatic carbocycles. The van der Waals surface area contributed by atoms with Gasteiger partial charge in [-0.2, -0.15) is 0 Å². The van der Waals surface area contributed by atoms with Crippen molar-refractivity contribution < 1.29 is 24.0 Å². The van der Waals surface area contributed by atoms with Crippen molar-refractivity contribution in [2.45, 2.75) is 12.8 Å². The molecule has 2 aromatic carbocycles. The second-order valence-corrected chi connectivity index (χ2v) is 7.32. The van der Waals surface area contributed by atoms with Gasteiger partial charge in [0, 0.05) is 17.8 Å². The smallest absolute Gasteiger partial charge is 0.294 e. The van der Waals surface area contributed by atoms with Gasteiger partial charge < -0.3 is 14.8 Å². The zero-order chi connectivity index (χ0) is 22.1. The van der Waals surface area contributed by atoms with Crippen LogP contribution in [0.25, 0.3) is 0 Å². The van der Waals surface area contributed by atoms with E-state index in [2.05, 4.69) is 5.32 Å². The summed E-state index contributed by atoms with van der Waals surface area (Å²) in [6, 6.07) is 9.32. The molecule has 1 fully saturated rings. The number of imide groups is 1. The number of nitro groups is 1. The average Bonchev–Trinajstić information content (AvgIpc) is 3.04. The van der Waals surface area contributed by atoms with Gasteiger partial charge in [0.15, 0.2) is 11.5 Å². The van der Waals surface area contributed by atoms with Gasteiger partial charge in [-0.1, -0.05) is 12.2 Å². The van der Waals surface area contributed by atoms with Crippen molar-refractivity contribution in [1.82, 2.24) is 0 Å². The van der Waals surface area contributed by atoms with Gasteiger partial charge >= 0.3 is 0 Å². The van der Waals surface area contributed by atoms with Crippen LogP contribution in [-0.2, 0) is 9.59 Å². The van der Waals surface area contributed by atoms with Crippen LogP contribution in [0.3, 0.4) is 0 Å². The maximum absolute atomic E-state index is 12.8. The number of hydrogen-bond acceptors (Lipinski definition) is 7. The van der Waals surface area contributed by atoms with Gasteiger partial charge in [0.05, 0.1) is 36.7 Å². The number of fused-ring (bicyclic) bond motifs is 1. The Morgan fingerprint density at radius 3 is 2.19 bits per heavy atom. The number of rotatable bonds is 6. The van der Waals surface area contributed by atoms with Crippen molar-refractivity contribution in [3.63, 3.8) is 0 Å². The van der Waals surface area contributed by atoms with Crippen molar-refractivity contribution >= 4 is 34.6 Å². The van der Waals surface area contributed by atoms with E-state index in [1.165, 1.54) is 32.4 Å². The Morgan fingerprint density at radius 1 is 0.968 bits per heavy atom. The fourth-order valence-corrected chi connectivity index (χ4v) is 4.04. The molecule has 31 heavy (non-hydrogen) atoms. The predicted octanol–water partition coefficient (Wildman–Crippen LogP) is 3.81. The van der Waals surface area contributed by atoms with Crippen molar-refractivity contribution in [3.05, 3.63) is 58.7 Å². The molecule has 1 N–H and O–H groups in total. The number of carbonyl (C=O) groups is 2. The number of benzene rings is 2. The maximum Gasteiger partial charge on any atom is 0.294 e. The lowest BCUT2D eigenvalue weighted by molar-refractivity contribution is -0.383. The van der Waals surface area contributed by atoms with E-state index in [9.17, 15) is 19.7 Å². The molecule has 2 atom stereocenters. The molecule has 2 amide bonds. The molecule has 0 spiro atoms. The quantitative estimate of drug-likeness (QED) is 0.325. The summed E-state index contributed by atoms with van der Waals surface area (Å²) in [4.78, 5) is 37.9. The third-order valence-corrected chi connectivity index (χ3v) is 5.61. The molecule has 1 aliphatic heterocycles. The summed E-state index contributed by atoms with van der Waals surface area (Å²) >= 11 is 0. The summed E-state index contributed by atoms with van der Waals surface area (Å²) in [5.74, 6) is -0.429. The van der Waals surface area contributed by atoms with E-state index in [1.54, 1.807) is 18.2 Å². The molecule has 160 valence electrons. The second kappa shape index (κ2) is 8.10. The van der Waals surface area contributed by atoms with E-state index in [-0.39, 0.29) is 28.9 Å². The van der Waals surface area contributed by atoms with Crippen LogP contribution in [0.4, 0.5) is 22.7 Å². The third kappa shape index (κ3) is 3.58. The Hall–Kier alpha value is -3.88. The number of methoxy groups -OCH3 is 2. The first-order valence-corrected chi connectivity index (χ1v) is 9.75. The monoisotopic (exact) mass is 423 g/mol. The Balaban J connectivity index is 1.66. The highest BCUT2D eigenvalue weighted by atomic mass is 16.6.